The summed E-state index contributed by atoms with van der Waals surface area (Å²) in [4.78, 5) is 16.3. The minimum atomic E-state index is -0.542. The lowest BCUT2D eigenvalue weighted by Crippen LogP contribution is -2.18. The van der Waals surface area contributed by atoms with Crippen molar-refractivity contribution in [3.8, 4) is 0 Å². The van der Waals surface area contributed by atoms with Crippen molar-refractivity contribution >= 4 is 22.6 Å². The van der Waals surface area contributed by atoms with Crippen LogP contribution in [0.5, 0.6) is 0 Å². The molecule has 1 amide bonds. The summed E-state index contributed by atoms with van der Waals surface area (Å²) >= 11 is 0. The van der Waals surface area contributed by atoms with Gasteiger partial charge in [-0.2, -0.15) is 0 Å². The number of carbonyl (C=O) groups is 1. The van der Waals surface area contributed by atoms with E-state index >= 15 is 0 Å². The van der Waals surface area contributed by atoms with Crippen LogP contribution in [0.4, 0.5) is 5.69 Å². The number of hydroxylamine groups is 1. The lowest BCUT2D eigenvalue weighted by Gasteiger charge is -2.14. The first-order valence-electron chi connectivity index (χ1n) is 7.84. The lowest BCUT2D eigenvalue weighted by molar-refractivity contribution is 0.0706. The second-order valence-electron chi connectivity index (χ2n) is 5.86. The summed E-state index contributed by atoms with van der Waals surface area (Å²) in [6.45, 7) is 4.78. The SMILES string of the molecule is CC(C)n1c(CNc2ccccc2)nc2cc(C(=O)NO)ccc21. The zero-order chi connectivity index (χ0) is 17.1. The second kappa shape index (κ2) is 6.72. The molecule has 0 fully saturated rings. The molecule has 0 aliphatic rings. The zero-order valence-electron chi connectivity index (χ0n) is 13.7. The Morgan fingerprint density at radius 3 is 2.62 bits per heavy atom. The third-order valence-electron chi connectivity index (χ3n) is 3.87. The van der Waals surface area contributed by atoms with Gasteiger partial charge in [-0.25, -0.2) is 10.5 Å². The van der Waals surface area contributed by atoms with Crippen molar-refractivity contribution in [1.82, 2.24) is 15.0 Å². The predicted molar refractivity (Wildman–Crippen MR) is 93.1 cm³/mol. The van der Waals surface area contributed by atoms with Crippen LogP contribution >= 0.6 is 0 Å². The first kappa shape index (κ1) is 16.0. The van der Waals surface area contributed by atoms with Crippen LogP contribution in [0.15, 0.2) is 48.5 Å². The van der Waals surface area contributed by atoms with Crippen molar-refractivity contribution < 1.29 is 10.0 Å². The Morgan fingerprint density at radius 1 is 1.21 bits per heavy atom. The van der Waals surface area contributed by atoms with E-state index in [9.17, 15) is 4.79 Å². The zero-order valence-corrected chi connectivity index (χ0v) is 13.7. The average Bonchev–Trinajstić information content (AvgIpc) is 2.97. The van der Waals surface area contributed by atoms with Crippen molar-refractivity contribution in [3.63, 3.8) is 0 Å². The number of nitrogens with one attached hydrogen (secondary N) is 2. The molecular weight excluding hydrogens is 304 g/mol. The summed E-state index contributed by atoms with van der Waals surface area (Å²) in [7, 11) is 0. The smallest absolute Gasteiger partial charge is 0.274 e. The molecule has 1 heterocycles. The number of anilines is 1. The highest BCUT2D eigenvalue weighted by atomic mass is 16.5. The number of rotatable bonds is 5. The standard InChI is InChI=1S/C18H20N4O2/c1-12(2)22-16-9-8-13(18(23)21-24)10-15(16)20-17(22)11-19-14-6-4-3-5-7-14/h3-10,12,19,24H,11H2,1-2H3,(H,21,23). The molecule has 24 heavy (non-hydrogen) atoms. The third-order valence-corrected chi connectivity index (χ3v) is 3.87. The van der Waals surface area contributed by atoms with Crippen molar-refractivity contribution in [2.24, 2.45) is 0 Å². The molecule has 0 aliphatic carbocycles. The number of aromatic nitrogens is 2. The van der Waals surface area contributed by atoms with E-state index in [1.54, 1.807) is 17.6 Å². The molecule has 3 aromatic rings. The van der Waals surface area contributed by atoms with E-state index in [0.717, 1.165) is 22.5 Å². The van der Waals surface area contributed by atoms with Crippen molar-refractivity contribution in [1.29, 1.82) is 0 Å². The molecule has 1 aromatic heterocycles. The van der Waals surface area contributed by atoms with Gasteiger partial charge in [0.25, 0.3) is 5.91 Å². The highest BCUT2D eigenvalue weighted by Crippen LogP contribution is 2.23. The highest BCUT2D eigenvalue weighted by Gasteiger charge is 2.15. The van der Waals surface area contributed by atoms with Crippen LogP contribution in [-0.2, 0) is 6.54 Å². The molecule has 0 aliphatic heterocycles. The van der Waals surface area contributed by atoms with Gasteiger partial charge in [0.15, 0.2) is 0 Å². The van der Waals surface area contributed by atoms with Crippen molar-refractivity contribution in [2.45, 2.75) is 26.4 Å². The molecule has 6 heteroatoms. The van der Waals surface area contributed by atoms with Gasteiger partial charge in [-0.15, -0.1) is 0 Å². The van der Waals surface area contributed by atoms with E-state index in [0.29, 0.717) is 12.1 Å². The van der Waals surface area contributed by atoms with E-state index in [1.807, 2.05) is 36.4 Å². The Bertz CT molecular complexity index is 856. The Kier molecular flexibility index (Phi) is 4.48. The monoisotopic (exact) mass is 324 g/mol. The summed E-state index contributed by atoms with van der Waals surface area (Å²) in [5.74, 6) is 0.352. The number of carbonyl (C=O) groups excluding carboxylic acids is 1. The summed E-state index contributed by atoms with van der Waals surface area (Å²) in [6, 6.07) is 15.4. The first-order chi connectivity index (χ1) is 11.6. The minimum absolute atomic E-state index is 0.236. The maximum absolute atomic E-state index is 11.6. The molecule has 0 saturated carbocycles. The Balaban J connectivity index is 1.96. The Morgan fingerprint density at radius 2 is 1.96 bits per heavy atom. The van der Waals surface area contributed by atoms with E-state index in [2.05, 4.69) is 28.7 Å². The van der Waals surface area contributed by atoms with Crippen LogP contribution in [0.2, 0.25) is 0 Å². The molecule has 0 saturated heterocycles. The normalized spacial score (nSPS) is 11.0. The van der Waals surface area contributed by atoms with E-state index < -0.39 is 5.91 Å². The molecule has 124 valence electrons. The molecule has 2 aromatic carbocycles. The molecule has 0 unspecified atom stereocenters. The molecule has 0 spiro atoms. The third kappa shape index (κ3) is 3.09. The fraction of sp³-hybridized carbons (Fsp3) is 0.222. The fourth-order valence-electron chi connectivity index (χ4n) is 2.79. The molecular formula is C18H20N4O2. The molecule has 6 nitrogen and oxygen atoms in total. The average molecular weight is 324 g/mol. The molecule has 0 bridgehead atoms. The number of amides is 1. The number of hydrogen-bond donors (Lipinski definition) is 3. The quantitative estimate of drug-likeness (QED) is 0.497. The topological polar surface area (TPSA) is 79.2 Å². The van der Waals surface area contributed by atoms with Gasteiger partial charge < -0.3 is 9.88 Å². The molecule has 0 radical (unpaired) electrons. The van der Waals surface area contributed by atoms with Gasteiger partial charge in [-0.3, -0.25) is 10.0 Å². The predicted octanol–water partition coefficient (Wildman–Crippen LogP) is 3.35. The van der Waals surface area contributed by atoms with Gasteiger partial charge in [0.05, 0.1) is 17.6 Å². The van der Waals surface area contributed by atoms with Gasteiger partial charge in [-0.1, -0.05) is 18.2 Å². The summed E-state index contributed by atoms with van der Waals surface area (Å²) in [5.41, 5.74) is 4.75. The molecule has 0 atom stereocenters. The summed E-state index contributed by atoms with van der Waals surface area (Å²) < 4.78 is 2.14. The number of imidazole rings is 1. The number of para-hydroxylation sites is 1. The number of benzene rings is 2. The van der Waals surface area contributed by atoms with Crippen LogP contribution in [0, 0.1) is 0 Å². The number of fused-ring (bicyclic) bond motifs is 1. The number of nitrogens with zero attached hydrogens (tertiary/aromatic N) is 2. The van der Waals surface area contributed by atoms with Crippen LogP contribution in [0.1, 0.15) is 36.1 Å². The summed E-state index contributed by atoms with van der Waals surface area (Å²) in [5, 5.41) is 12.1. The fourth-order valence-corrected chi connectivity index (χ4v) is 2.79. The summed E-state index contributed by atoms with van der Waals surface area (Å²) in [6.07, 6.45) is 0. The van der Waals surface area contributed by atoms with Gasteiger partial charge in [-0.05, 0) is 44.2 Å². The van der Waals surface area contributed by atoms with Gasteiger partial charge in [0.1, 0.15) is 5.82 Å². The maximum Gasteiger partial charge on any atom is 0.274 e. The first-order valence-corrected chi connectivity index (χ1v) is 7.84. The maximum atomic E-state index is 11.6. The van der Waals surface area contributed by atoms with Crippen LogP contribution < -0.4 is 10.8 Å². The molecule has 3 N–H and O–H groups in total. The van der Waals surface area contributed by atoms with Crippen LogP contribution in [-0.4, -0.2) is 20.7 Å². The van der Waals surface area contributed by atoms with Crippen LogP contribution in [0.25, 0.3) is 11.0 Å². The number of hydrogen-bond acceptors (Lipinski definition) is 4. The second-order valence-corrected chi connectivity index (χ2v) is 5.86. The van der Waals surface area contributed by atoms with Gasteiger partial charge in [0.2, 0.25) is 0 Å². The van der Waals surface area contributed by atoms with Gasteiger partial charge in [0, 0.05) is 17.3 Å². The van der Waals surface area contributed by atoms with E-state index in [4.69, 9.17) is 5.21 Å². The van der Waals surface area contributed by atoms with E-state index in [-0.39, 0.29) is 6.04 Å². The lowest BCUT2D eigenvalue weighted by atomic mass is 10.2. The highest BCUT2D eigenvalue weighted by molar-refractivity contribution is 5.96. The largest absolute Gasteiger partial charge is 0.378 e. The van der Waals surface area contributed by atoms with Crippen LogP contribution in [0.3, 0.4) is 0 Å². The van der Waals surface area contributed by atoms with Crippen molar-refractivity contribution in [2.75, 3.05) is 5.32 Å². The van der Waals surface area contributed by atoms with Gasteiger partial charge >= 0.3 is 0 Å². The van der Waals surface area contributed by atoms with E-state index in [1.165, 1.54) is 0 Å². The minimum Gasteiger partial charge on any atom is -0.378 e. The Labute approximate surface area is 140 Å². The van der Waals surface area contributed by atoms with Crippen molar-refractivity contribution in [3.05, 3.63) is 59.9 Å². The Hall–Kier alpha value is -2.86. The molecule has 3 rings (SSSR count).